The molecule has 0 saturated carbocycles. The molecule has 0 saturated heterocycles. The average molecular weight is 382 g/mol. The average Bonchev–Trinajstić information content (AvgIpc) is 2.62. The van der Waals surface area contributed by atoms with Crippen molar-refractivity contribution in [3.63, 3.8) is 0 Å². The number of anilines is 1. The molecule has 2 amide bonds. The van der Waals surface area contributed by atoms with E-state index in [2.05, 4.69) is 5.32 Å². The van der Waals surface area contributed by atoms with Crippen molar-refractivity contribution < 1.29 is 9.59 Å². The van der Waals surface area contributed by atoms with Crippen LogP contribution < -0.4 is 5.32 Å². The summed E-state index contributed by atoms with van der Waals surface area (Å²) in [6, 6.07) is 7.04. The van der Waals surface area contributed by atoms with E-state index in [1.165, 1.54) is 11.8 Å². The van der Waals surface area contributed by atoms with Crippen LogP contribution in [0.1, 0.15) is 38.1 Å². The molecule has 1 N–H and O–H groups in total. The maximum absolute atomic E-state index is 12.4. The molecule has 1 rings (SSSR count). The molecule has 25 heavy (non-hydrogen) atoms. The van der Waals surface area contributed by atoms with Gasteiger partial charge in [0.15, 0.2) is 0 Å². The van der Waals surface area contributed by atoms with Gasteiger partial charge in [0.25, 0.3) is 5.91 Å². The highest BCUT2D eigenvalue weighted by Gasteiger charge is 2.14. The largest absolute Gasteiger partial charge is 0.358 e. The second-order valence-corrected chi connectivity index (χ2v) is 6.94. The Hall–Kier alpha value is -1.60. The van der Waals surface area contributed by atoms with E-state index >= 15 is 0 Å². The molecule has 0 fully saturated rings. The number of hydrogen-bond acceptors (Lipinski definition) is 4. The van der Waals surface area contributed by atoms with Crippen molar-refractivity contribution in [3.05, 3.63) is 29.8 Å². The van der Waals surface area contributed by atoms with E-state index in [9.17, 15) is 9.59 Å². The summed E-state index contributed by atoms with van der Waals surface area (Å²) >= 11 is 6.68. The van der Waals surface area contributed by atoms with Gasteiger partial charge in [-0.2, -0.15) is 0 Å². The molecule has 5 nitrogen and oxygen atoms in total. The van der Waals surface area contributed by atoms with Crippen LogP contribution in [0.2, 0.25) is 0 Å². The van der Waals surface area contributed by atoms with Gasteiger partial charge in [-0.1, -0.05) is 30.0 Å². The van der Waals surface area contributed by atoms with Crippen LogP contribution >= 0.6 is 24.0 Å². The van der Waals surface area contributed by atoms with Crippen LogP contribution in [0.3, 0.4) is 0 Å². The maximum atomic E-state index is 12.4. The predicted octanol–water partition coefficient (Wildman–Crippen LogP) is 3.47. The molecule has 0 aliphatic heterocycles. The number of nitrogens with zero attached hydrogens (tertiary/aromatic N) is 2. The van der Waals surface area contributed by atoms with Crippen molar-refractivity contribution in [2.24, 2.45) is 0 Å². The third kappa shape index (κ3) is 6.66. The number of thioether (sulfide) groups is 1. The van der Waals surface area contributed by atoms with Gasteiger partial charge in [-0.25, -0.2) is 0 Å². The van der Waals surface area contributed by atoms with Crippen molar-refractivity contribution in [3.8, 4) is 0 Å². The van der Waals surface area contributed by atoms with Gasteiger partial charge in [-0.15, -0.1) is 0 Å². The molecule has 0 aromatic heterocycles. The number of thiocarbonyl (C=S) groups is 1. The van der Waals surface area contributed by atoms with Gasteiger partial charge in [-0.05, 0) is 45.9 Å². The zero-order valence-electron chi connectivity index (χ0n) is 15.4. The van der Waals surface area contributed by atoms with E-state index in [1.807, 2.05) is 32.6 Å². The molecule has 0 bridgehead atoms. The summed E-state index contributed by atoms with van der Waals surface area (Å²) in [6.07, 6.45) is 0. The lowest BCUT2D eigenvalue weighted by molar-refractivity contribution is -0.113. The standard InChI is InChI=1S/C18H27N3O2S2/c1-5-20(6-2)17(23)14-10-9-11-15(12-14)19-16(22)13-25-18(24)21(7-3)8-4/h9-12H,5-8,13H2,1-4H3,(H,19,22). The quantitative estimate of drug-likeness (QED) is 0.699. The lowest BCUT2D eigenvalue weighted by atomic mass is 10.1. The third-order valence-electron chi connectivity index (χ3n) is 3.79. The third-order valence-corrected chi connectivity index (χ3v) is 5.32. The Balaban J connectivity index is 2.65. The number of nitrogens with one attached hydrogen (secondary N) is 1. The Labute approximate surface area is 160 Å². The van der Waals surface area contributed by atoms with E-state index < -0.39 is 0 Å². The minimum Gasteiger partial charge on any atom is -0.358 e. The molecule has 138 valence electrons. The Bertz CT molecular complexity index is 600. The Morgan fingerprint density at radius 2 is 1.64 bits per heavy atom. The predicted molar refractivity (Wildman–Crippen MR) is 110 cm³/mol. The summed E-state index contributed by atoms with van der Waals surface area (Å²) < 4.78 is 0.727. The first-order valence-electron chi connectivity index (χ1n) is 8.57. The van der Waals surface area contributed by atoms with Gasteiger partial charge in [-0.3, -0.25) is 9.59 Å². The van der Waals surface area contributed by atoms with Gasteiger partial charge in [0.2, 0.25) is 5.91 Å². The normalized spacial score (nSPS) is 10.2. The molecule has 0 heterocycles. The van der Waals surface area contributed by atoms with E-state index in [0.29, 0.717) is 24.3 Å². The fourth-order valence-electron chi connectivity index (χ4n) is 2.32. The monoisotopic (exact) mass is 381 g/mol. The number of benzene rings is 1. The van der Waals surface area contributed by atoms with Gasteiger partial charge < -0.3 is 15.1 Å². The van der Waals surface area contributed by atoms with Crippen molar-refractivity contribution in [2.75, 3.05) is 37.2 Å². The zero-order valence-corrected chi connectivity index (χ0v) is 17.0. The summed E-state index contributed by atoms with van der Waals surface area (Å²) in [5, 5.41) is 2.83. The first kappa shape index (κ1) is 21.4. The van der Waals surface area contributed by atoms with Crippen LogP contribution in [-0.2, 0) is 4.79 Å². The molecule has 0 unspecified atom stereocenters. The number of rotatable bonds is 8. The van der Waals surface area contributed by atoms with E-state index in [-0.39, 0.29) is 17.6 Å². The van der Waals surface area contributed by atoms with Gasteiger partial charge in [0, 0.05) is 37.4 Å². The van der Waals surface area contributed by atoms with Crippen LogP contribution in [0.15, 0.2) is 24.3 Å². The summed E-state index contributed by atoms with van der Waals surface area (Å²) in [7, 11) is 0. The molecule has 0 radical (unpaired) electrons. The van der Waals surface area contributed by atoms with E-state index in [0.717, 1.165) is 17.4 Å². The summed E-state index contributed by atoms with van der Waals surface area (Å²) in [5.74, 6) is 0.0916. The van der Waals surface area contributed by atoms with Crippen LogP contribution in [-0.4, -0.2) is 57.9 Å². The van der Waals surface area contributed by atoms with Crippen molar-refractivity contribution in [1.29, 1.82) is 0 Å². The van der Waals surface area contributed by atoms with Gasteiger partial charge in [0.05, 0.1) is 5.75 Å². The van der Waals surface area contributed by atoms with E-state index in [1.54, 1.807) is 29.2 Å². The van der Waals surface area contributed by atoms with Crippen LogP contribution in [0.25, 0.3) is 0 Å². The smallest absolute Gasteiger partial charge is 0.253 e. The highest BCUT2D eigenvalue weighted by molar-refractivity contribution is 8.23. The Morgan fingerprint density at radius 3 is 2.20 bits per heavy atom. The lowest BCUT2D eigenvalue weighted by Gasteiger charge is -2.20. The molecule has 0 aliphatic rings. The van der Waals surface area contributed by atoms with Crippen LogP contribution in [0, 0.1) is 0 Å². The number of carbonyl (C=O) groups excluding carboxylic acids is 2. The van der Waals surface area contributed by atoms with Crippen LogP contribution in [0.5, 0.6) is 0 Å². The SMILES string of the molecule is CCN(CC)C(=O)c1cccc(NC(=O)CSC(=S)N(CC)CC)c1. The highest BCUT2D eigenvalue weighted by Crippen LogP contribution is 2.15. The van der Waals surface area contributed by atoms with Gasteiger partial charge >= 0.3 is 0 Å². The van der Waals surface area contributed by atoms with Gasteiger partial charge in [0.1, 0.15) is 4.32 Å². The maximum Gasteiger partial charge on any atom is 0.253 e. The topological polar surface area (TPSA) is 52.7 Å². The molecule has 0 spiro atoms. The van der Waals surface area contributed by atoms with Crippen LogP contribution in [0.4, 0.5) is 5.69 Å². The molecule has 1 aromatic rings. The highest BCUT2D eigenvalue weighted by atomic mass is 32.2. The molecule has 7 heteroatoms. The summed E-state index contributed by atoms with van der Waals surface area (Å²) in [4.78, 5) is 28.3. The molecule has 0 aliphatic carbocycles. The van der Waals surface area contributed by atoms with E-state index in [4.69, 9.17) is 12.2 Å². The lowest BCUT2D eigenvalue weighted by Crippen LogP contribution is -2.30. The minimum absolute atomic E-state index is 0.0295. The fourth-order valence-corrected chi connectivity index (χ4v) is 3.52. The zero-order chi connectivity index (χ0) is 18.8. The Kier molecular flexibility index (Phi) is 9.52. The number of amides is 2. The molecule has 0 atom stereocenters. The number of carbonyl (C=O) groups is 2. The van der Waals surface area contributed by atoms with Crippen molar-refractivity contribution in [2.45, 2.75) is 27.7 Å². The molecule has 1 aromatic carbocycles. The molecular weight excluding hydrogens is 354 g/mol. The van der Waals surface area contributed by atoms with Crippen molar-refractivity contribution in [1.82, 2.24) is 9.80 Å². The first-order chi connectivity index (χ1) is 12.0. The second kappa shape index (κ2) is 11.1. The minimum atomic E-state index is -0.132. The number of hydrogen-bond donors (Lipinski definition) is 1. The fraction of sp³-hybridized carbons (Fsp3) is 0.500. The first-order valence-corrected chi connectivity index (χ1v) is 9.96. The summed E-state index contributed by atoms with van der Waals surface area (Å²) in [5.41, 5.74) is 1.20. The van der Waals surface area contributed by atoms with Crippen molar-refractivity contribution >= 4 is 45.8 Å². The Morgan fingerprint density at radius 1 is 1.04 bits per heavy atom. The second-order valence-electron chi connectivity index (χ2n) is 5.33. The molecular formula is C18H27N3O2S2. The summed E-state index contributed by atoms with van der Waals surface area (Å²) in [6.45, 7) is 10.9.